The molecule has 8 nitrogen and oxygen atoms in total. The van der Waals surface area contributed by atoms with E-state index in [4.69, 9.17) is 40.0 Å². The summed E-state index contributed by atoms with van der Waals surface area (Å²) in [7, 11) is 2.99. The second kappa shape index (κ2) is 13.5. The van der Waals surface area contributed by atoms with Crippen molar-refractivity contribution >= 4 is 34.3 Å². The van der Waals surface area contributed by atoms with Gasteiger partial charge in [-0.2, -0.15) is 0 Å². The lowest BCUT2D eigenvalue weighted by Crippen LogP contribution is -2.29. The third kappa shape index (κ3) is 7.78. The molecule has 0 saturated heterocycles. The number of carbonyl (C=O) groups is 2. The SMILES string of the molecule is C=CC(=O)OC(COC)COc1cc(Cl)c(OCC(COC)OC(=O)C=C)c2ccccc12. The third-order valence-corrected chi connectivity index (χ3v) is 4.64. The predicted molar refractivity (Wildman–Crippen MR) is 124 cm³/mol. The highest BCUT2D eigenvalue weighted by Crippen LogP contribution is 2.39. The Morgan fingerprint density at radius 1 is 0.879 bits per heavy atom. The summed E-state index contributed by atoms with van der Waals surface area (Å²) >= 11 is 6.50. The molecule has 2 rings (SSSR count). The highest BCUT2D eigenvalue weighted by atomic mass is 35.5. The molecule has 0 aliphatic rings. The molecule has 0 amide bonds. The fourth-order valence-electron chi connectivity index (χ4n) is 2.94. The van der Waals surface area contributed by atoms with E-state index in [2.05, 4.69) is 13.2 Å². The number of halogens is 1. The Kier molecular flexibility index (Phi) is 10.7. The summed E-state index contributed by atoms with van der Waals surface area (Å²) in [4.78, 5) is 23.1. The van der Waals surface area contributed by atoms with Gasteiger partial charge >= 0.3 is 11.9 Å². The predicted octanol–water partition coefficient (Wildman–Crippen LogP) is 3.74. The molecule has 0 saturated carbocycles. The van der Waals surface area contributed by atoms with Crippen molar-refractivity contribution in [1.29, 1.82) is 0 Å². The van der Waals surface area contributed by atoms with Crippen molar-refractivity contribution in [3.05, 3.63) is 60.7 Å². The topological polar surface area (TPSA) is 89.5 Å². The zero-order valence-electron chi connectivity index (χ0n) is 18.6. The molecule has 2 atom stereocenters. The van der Waals surface area contributed by atoms with Crippen LogP contribution in [-0.4, -0.2) is 64.8 Å². The van der Waals surface area contributed by atoms with Crippen LogP contribution in [0.25, 0.3) is 10.8 Å². The van der Waals surface area contributed by atoms with Gasteiger partial charge in [0, 0.05) is 43.2 Å². The maximum atomic E-state index is 11.6. The van der Waals surface area contributed by atoms with Gasteiger partial charge in [0.25, 0.3) is 0 Å². The van der Waals surface area contributed by atoms with Crippen molar-refractivity contribution in [3.8, 4) is 11.5 Å². The summed E-state index contributed by atoms with van der Waals surface area (Å²) in [6.07, 6.45) is 0.855. The van der Waals surface area contributed by atoms with E-state index >= 15 is 0 Å². The molecule has 0 N–H and O–H groups in total. The van der Waals surface area contributed by atoms with Gasteiger partial charge in [0.15, 0.2) is 12.2 Å². The Morgan fingerprint density at radius 2 is 1.39 bits per heavy atom. The van der Waals surface area contributed by atoms with Crippen LogP contribution in [0.15, 0.2) is 55.6 Å². The van der Waals surface area contributed by atoms with Gasteiger partial charge in [-0.25, -0.2) is 9.59 Å². The number of carbonyl (C=O) groups excluding carboxylic acids is 2. The molecule has 0 aromatic heterocycles. The van der Waals surface area contributed by atoms with E-state index < -0.39 is 24.1 Å². The first-order valence-corrected chi connectivity index (χ1v) is 10.4. The van der Waals surface area contributed by atoms with Crippen LogP contribution in [0.3, 0.4) is 0 Å². The Hall–Kier alpha value is -3.07. The van der Waals surface area contributed by atoms with E-state index in [0.29, 0.717) is 21.9 Å². The fourth-order valence-corrected chi connectivity index (χ4v) is 3.19. The van der Waals surface area contributed by atoms with Crippen LogP contribution in [0.5, 0.6) is 11.5 Å². The summed E-state index contributed by atoms with van der Waals surface area (Å²) in [5, 5.41) is 1.72. The van der Waals surface area contributed by atoms with E-state index in [0.717, 1.165) is 17.5 Å². The van der Waals surface area contributed by atoms with Crippen molar-refractivity contribution in [1.82, 2.24) is 0 Å². The van der Waals surface area contributed by atoms with Gasteiger partial charge in [0.1, 0.15) is 24.7 Å². The van der Waals surface area contributed by atoms with Crippen LogP contribution in [0.4, 0.5) is 0 Å². The number of methoxy groups -OCH3 is 2. The molecule has 0 bridgehead atoms. The quantitative estimate of drug-likeness (QED) is 0.299. The maximum Gasteiger partial charge on any atom is 0.330 e. The number of rotatable bonds is 14. The van der Waals surface area contributed by atoms with Crippen LogP contribution in [0, 0.1) is 0 Å². The number of hydrogen-bond acceptors (Lipinski definition) is 8. The lowest BCUT2D eigenvalue weighted by Gasteiger charge is -2.21. The van der Waals surface area contributed by atoms with Crippen molar-refractivity contribution in [2.75, 3.05) is 40.6 Å². The molecule has 0 spiro atoms. The average Bonchev–Trinajstić information content (AvgIpc) is 2.81. The standard InChI is InChI=1S/C24H27ClO8/c1-5-22(26)32-16(12-28-3)14-30-21-11-20(25)24(19-10-8-7-9-18(19)21)31-15-17(13-29-4)33-23(27)6-2/h5-11,16-17H,1-2,12-15H2,3-4H3. The number of hydrogen-bond donors (Lipinski definition) is 0. The van der Waals surface area contributed by atoms with Crippen LogP contribution < -0.4 is 9.47 Å². The van der Waals surface area contributed by atoms with Gasteiger partial charge in [-0.3, -0.25) is 0 Å². The molecule has 0 radical (unpaired) electrons. The van der Waals surface area contributed by atoms with Crippen molar-refractivity contribution in [2.24, 2.45) is 0 Å². The van der Waals surface area contributed by atoms with Crippen LogP contribution in [0.2, 0.25) is 5.02 Å². The minimum Gasteiger partial charge on any atom is -0.489 e. The Labute approximate surface area is 197 Å². The maximum absolute atomic E-state index is 11.6. The van der Waals surface area contributed by atoms with Gasteiger partial charge in [-0.1, -0.05) is 49.0 Å². The Balaban J connectivity index is 2.24. The summed E-state index contributed by atoms with van der Waals surface area (Å²) < 4.78 is 32.5. The molecule has 2 aromatic carbocycles. The molecule has 0 fully saturated rings. The second-order valence-corrected chi connectivity index (χ2v) is 7.20. The minimum atomic E-state index is -0.652. The number of ether oxygens (including phenoxy) is 6. The van der Waals surface area contributed by atoms with Gasteiger partial charge in [-0.15, -0.1) is 0 Å². The van der Waals surface area contributed by atoms with Gasteiger partial charge in [-0.05, 0) is 0 Å². The molecular weight excluding hydrogens is 452 g/mol. The number of esters is 2. The normalized spacial score (nSPS) is 12.5. The van der Waals surface area contributed by atoms with Crippen LogP contribution in [-0.2, 0) is 28.5 Å². The Bertz CT molecular complexity index is 974. The summed E-state index contributed by atoms with van der Waals surface area (Å²) in [6, 6.07) is 8.96. The molecule has 0 heterocycles. The van der Waals surface area contributed by atoms with Gasteiger partial charge in [0.05, 0.1) is 18.2 Å². The van der Waals surface area contributed by atoms with Gasteiger partial charge < -0.3 is 28.4 Å². The molecule has 33 heavy (non-hydrogen) atoms. The monoisotopic (exact) mass is 478 g/mol. The molecule has 2 aromatic rings. The lowest BCUT2D eigenvalue weighted by molar-refractivity contribution is -0.148. The van der Waals surface area contributed by atoms with Crippen LogP contribution in [0.1, 0.15) is 0 Å². The summed E-state index contributed by atoms with van der Waals surface area (Å²) in [6.45, 7) is 7.13. The number of benzene rings is 2. The first-order valence-electron chi connectivity index (χ1n) is 10.0. The fraction of sp³-hybridized carbons (Fsp3) is 0.333. The van der Waals surface area contributed by atoms with E-state index in [-0.39, 0.29) is 26.4 Å². The van der Waals surface area contributed by atoms with E-state index in [1.165, 1.54) is 14.2 Å². The second-order valence-electron chi connectivity index (χ2n) is 6.79. The number of fused-ring (bicyclic) bond motifs is 1. The van der Waals surface area contributed by atoms with Crippen LogP contribution >= 0.6 is 11.6 Å². The average molecular weight is 479 g/mol. The molecule has 178 valence electrons. The summed E-state index contributed by atoms with van der Waals surface area (Å²) in [5.41, 5.74) is 0. The smallest absolute Gasteiger partial charge is 0.330 e. The highest BCUT2D eigenvalue weighted by molar-refractivity contribution is 6.33. The van der Waals surface area contributed by atoms with Gasteiger partial charge in [0.2, 0.25) is 0 Å². The van der Waals surface area contributed by atoms with Crippen molar-refractivity contribution in [3.63, 3.8) is 0 Å². The Morgan fingerprint density at radius 3 is 1.91 bits per heavy atom. The summed E-state index contributed by atoms with van der Waals surface area (Å²) in [5.74, 6) is -0.273. The lowest BCUT2D eigenvalue weighted by atomic mass is 10.1. The largest absolute Gasteiger partial charge is 0.489 e. The zero-order chi connectivity index (χ0) is 24.2. The van der Waals surface area contributed by atoms with Crippen molar-refractivity contribution in [2.45, 2.75) is 12.2 Å². The van der Waals surface area contributed by atoms with E-state index in [9.17, 15) is 9.59 Å². The van der Waals surface area contributed by atoms with E-state index in [1.807, 2.05) is 24.3 Å². The van der Waals surface area contributed by atoms with Crippen molar-refractivity contribution < 1.29 is 38.0 Å². The minimum absolute atomic E-state index is 0.0186. The molecule has 9 heteroatoms. The van der Waals surface area contributed by atoms with E-state index in [1.54, 1.807) is 6.07 Å². The molecule has 2 unspecified atom stereocenters. The first-order chi connectivity index (χ1) is 15.9. The molecule has 0 aliphatic heterocycles. The zero-order valence-corrected chi connectivity index (χ0v) is 19.3. The highest BCUT2D eigenvalue weighted by Gasteiger charge is 2.19. The first kappa shape index (κ1) is 26.2. The third-order valence-electron chi connectivity index (χ3n) is 4.35. The molecular formula is C24H27ClO8. The molecule has 0 aliphatic carbocycles.